The Morgan fingerprint density at radius 1 is 1.63 bits per heavy atom. The molecule has 2 heterocycles. The van der Waals surface area contributed by atoms with Gasteiger partial charge in [0.15, 0.2) is 0 Å². The lowest BCUT2D eigenvalue weighted by Crippen LogP contribution is -2.51. The van der Waals surface area contributed by atoms with Crippen molar-refractivity contribution in [3.8, 4) is 6.07 Å². The number of rotatable bonds is 4. The van der Waals surface area contributed by atoms with Crippen molar-refractivity contribution in [2.45, 2.75) is 32.2 Å². The molecule has 1 aliphatic rings. The molecule has 1 unspecified atom stereocenters. The summed E-state index contributed by atoms with van der Waals surface area (Å²) in [7, 11) is 0. The van der Waals surface area contributed by atoms with Crippen molar-refractivity contribution in [2.75, 3.05) is 19.7 Å². The first-order valence-corrected chi connectivity index (χ1v) is 6.40. The summed E-state index contributed by atoms with van der Waals surface area (Å²) < 4.78 is 11.6. The average molecular weight is 261 g/mol. The summed E-state index contributed by atoms with van der Waals surface area (Å²) in [5.41, 5.74) is 1.23. The Morgan fingerprint density at radius 2 is 2.47 bits per heavy atom. The molecule has 102 valence electrons. The van der Waals surface area contributed by atoms with Gasteiger partial charge in [0, 0.05) is 19.3 Å². The third-order valence-electron chi connectivity index (χ3n) is 2.92. The molecule has 0 saturated carbocycles. The van der Waals surface area contributed by atoms with E-state index in [2.05, 4.69) is 24.1 Å². The fraction of sp³-hybridized carbons (Fsp3) is 0.571. The largest absolute Gasteiger partial charge is 0.374 e. The highest BCUT2D eigenvalue weighted by molar-refractivity contribution is 5.24. The molecule has 1 aromatic rings. The minimum atomic E-state index is -0.142. The van der Waals surface area contributed by atoms with E-state index in [4.69, 9.17) is 14.7 Å². The minimum absolute atomic E-state index is 0.0704. The normalized spacial score (nSPS) is 21.8. The first kappa shape index (κ1) is 13.9. The van der Waals surface area contributed by atoms with Gasteiger partial charge in [0.25, 0.3) is 0 Å². The van der Waals surface area contributed by atoms with Gasteiger partial charge in [0.1, 0.15) is 11.8 Å². The second kappa shape index (κ2) is 6.11. The lowest BCUT2D eigenvalue weighted by molar-refractivity contribution is -0.122. The van der Waals surface area contributed by atoms with Crippen LogP contribution in [0.25, 0.3) is 0 Å². The second-order valence-electron chi connectivity index (χ2n) is 5.31. The summed E-state index contributed by atoms with van der Waals surface area (Å²) >= 11 is 0. The fourth-order valence-corrected chi connectivity index (χ4v) is 2.10. The topological polar surface area (TPSA) is 67.2 Å². The summed E-state index contributed by atoms with van der Waals surface area (Å²) in [6.45, 7) is 6.81. The van der Waals surface area contributed by atoms with Crippen LogP contribution in [0, 0.1) is 11.3 Å². The number of nitriles is 1. The maximum absolute atomic E-state index is 8.77. The van der Waals surface area contributed by atoms with Crippen LogP contribution in [-0.2, 0) is 16.1 Å². The number of morpholine rings is 1. The summed E-state index contributed by atoms with van der Waals surface area (Å²) in [5.74, 6) is 0. The molecule has 0 aliphatic carbocycles. The molecule has 0 radical (unpaired) electrons. The van der Waals surface area contributed by atoms with E-state index in [1.165, 1.54) is 0 Å². The number of nitrogens with zero attached hydrogens (tertiary/aromatic N) is 2. The molecule has 1 saturated heterocycles. The Kier molecular flexibility index (Phi) is 4.48. The molecule has 5 heteroatoms. The van der Waals surface area contributed by atoms with E-state index in [1.54, 1.807) is 12.3 Å². The zero-order valence-corrected chi connectivity index (χ0v) is 11.3. The number of pyridine rings is 1. The van der Waals surface area contributed by atoms with Gasteiger partial charge in [-0.05, 0) is 31.5 Å². The zero-order valence-electron chi connectivity index (χ0n) is 11.3. The van der Waals surface area contributed by atoms with E-state index in [9.17, 15) is 0 Å². The van der Waals surface area contributed by atoms with Crippen molar-refractivity contribution >= 4 is 0 Å². The van der Waals surface area contributed by atoms with Crippen molar-refractivity contribution in [2.24, 2.45) is 0 Å². The van der Waals surface area contributed by atoms with Crippen molar-refractivity contribution in [1.82, 2.24) is 10.3 Å². The fourth-order valence-electron chi connectivity index (χ4n) is 2.10. The molecule has 0 bridgehead atoms. The first-order valence-electron chi connectivity index (χ1n) is 6.40. The standard InChI is InChI=1S/C14H19N3O2/c1-14(2)10-16-7-13(19-14)9-18-8-11-3-4-17-12(5-11)6-15/h3-5,13,16H,7-10H2,1-2H3. The summed E-state index contributed by atoms with van der Waals surface area (Å²) in [6.07, 6.45) is 1.69. The van der Waals surface area contributed by atoms with Crippen molar-refractivity contribution in [3.05, 3.63) is 29.6 Å². The van der Waals surface area contributed by atoms with Gasteiger partial charge in [-0.1, -0.05) is 0 Å². The van der Waals surface area contributed by atoms with E-state index in [-0.39, 0.29) is 11.7 Å². The molecule has 1 aromatic heterocycles. The van der Waals surface area contributed by atoms with Gasteiger partial charge < -0.3 is 14.8 Å². The SMILES string of the molecule is CC1(C)CNCC(COCc2ccnc(C#N)c2)O1. The van der Waals surface area contributed by atoms with E-state index >= 15 is 0 Å². The highest BCUT2D eigenvalue weighted by atomic mass is 16.5. The monoisotopic (exact) mass is 261 g/mol. The molecular weight excluding hydrogens is 242 g/mol. The van der Waals surface area contributed by atoms with Gasteiger partial charge in [0.2, 0.25) is 0 Å². The Bertz CT molecular complexity index is 468. The van der Waals surface area contributed by atoms with Crippen LogP contribution in [0.1, 0.15) is 25.1 Å². The maximum Gasteiger partial charge on any atom is 0.140 e. The molecule has 1 fully saturated rings. The number of ether oxygens (including phenoxy) is 2. The van der Waals surface area contributed by atoms with Crippen LogP contribution in [-0.4, -0.2) is 36.4 Å². The molecule has 0 amide bonds. The quantitative estimate of drug-likeness (QED) is 0.883. The van der Waals surface area contributed by atoms with Gasteiger partial charge in [-0.25, -0.2) is 4.98 Å². The highest BCUT2D eigenvalue weighted by Gasteiger charge is 2.28. The Balaban J connectivity index is 1.78. The van der Waals surface area contributed by atoms with Crippen LogP contribution in [0.2, 0.25) is 0 Å². The molecule has 2 rings (SSSR count). The third kappa shape index (κ3) is 4.28. The van der Waals surface area contributed by atoms with E-state index in [0.29, 0.717) is 18.9 Å². The molecule has 0 aromatic carbocycles. The zero-order chi connectivity index (χ0) is 13.7. The van der Waals surface area contributed by atoms with Crippen molar-refractivity contribution < 1.29 is 9.47 Å². The number of aromatic nitrogens is 1. The van der Waals surface area contributed by atoms with E-state index in [0.717, 1.165) is 18.7 Å². The van der Waals surface area contributed by atoms with Gasteiger partial charge >= 0.3 is 0 Å². The highest BCUT2D eigenvalue weighted by Crippen LogP contribution is 2.15. The average Bonchev–Trinajstić information content (AvgIpc) is 2.38. The smallest absolute Gasteiger partial charge is 0.140 e. The Hall–Kier alpha value is -1.48. The first-order chi connectivity index (χ1) is 9.09. The number of hydrogen-bond donors (Lipinski definition) is 1. The van der Waals surface area contributed by atoms with Gasteiger partial charge in [-0.15, -0.1) is 0 Å². The molecule has 5 nitrogen and oxygen atoms in total. The van der Waals surface area contributed by atoms with Crippen LogP contribution in [0.5, 0.6) is 0 Å². The van der Waals surface area contributed by atoms with Crippen LogP contribution in [0.3, 0.4) is 0 Å². The molecule has 19 heavy (non-hydrogen) atoms. The summed E-state index contributed by atoms with van der Waals surface area (Å²) in [4.78, 5) is 3.92. The molecular formula is C14H19N3O2. The third-order valence-corrected chi connectivity index (χ3v) is 2.92. The van der Waals surface area contributed by atoms with Crippen LogP contribution in [0.15, 0.2) is 18.3 Å². The minimum Gasteiger partial charge on any atom is -0.374 e. The van der Waals surface area contributed by atoms with Gasteiger partial charge in [-0.3, -0.25) is 0 Å². The predicted molar refractivity (Wildman–Crippen MR) is 70.4 cm³/mol. The molecule has 1 N–H and O–H groups in total. The lowest BCUT2D eigenvalue weighted by Gasteiger charge is -2.36. The van der Waals surface area contributed by atoms with Crippen molar-refractivity contribution in [3.63, 3.8) is 0 Å². The predicted octanol–water partition coefficient (Wildman–Crippen LogP) is 1.24. The Morgan fingerprint density at radius 3 is 3.21 bits per heavy atom. The van der Waals surface area contributed by atoms with Crippen molar-refractivity contribution in [1.29, 1.82) is 5.26 Å². The number of hydrogen-bond acceptors (Lipinski definition) is 5. The molecule has 1 atom stereocenters. The van der Waals surface area contributed by atoms with Crippen LogP contribution >= 0.6 is 0 Å². The van der Waals surface area contributed by atoms with Gasteiger partial charge in [-0.2, -0.15) is 5.26 Å². The van der Waals surface area contributed by atoms with Gasteiger partial charge in [0.05, 0.1) is 24.9 Å². The van der Waals surface area contributed by atoms with Crippen LogP contribution in [0.4, 0.5) is 0 Å². The summed E-state index contributed by atoms with van der Waals surface area (Å²) in [6, 6.07) is 5.61. The second-order valence-corrected chi connectivity index (χ2v) is 5.31. The maximum atomic E-state index is 8.77. The van der Waals surface area contributed by atoms with Crippen LogP contribution < -0.4 is 5.32 Å². The lowest BCUT2D eigenvalue weighted by atomic mass is 10.1. The van der Waals surface area contributed by atoms with E-state index < -0.39 is 0 Å². The number of nitrogens with one attached hydrogen (secondary N) is 1. The van der Waals surface area contributed by atoms with E-state index in [1.807, 2.05) is 12.1 Å². The molecule has 0 spiro atoms. The molecule has 1 aliphatic heterocycles. The summed E-state index contributed by atoms with van der Waals surface area (Å²) in [5, 5.41) is 12.1. The Labute approximate surface area is 113 Å².